The Kier molecular flexibility index (Phi) is 4.74. The molecule has 1 N–H and O–H groups in total. The maximum Gasteiger partial charge on any atom is 0.274 e. The summed E-state index contributed by atoms with van der Waals surface area (Å²) in [6, 6.07) is 4.13. The minimum Gasteiger partial charge on any atom is -0.467 e. The van der Waals surface area contributed by atoms with Crippen molar-refractivity contribution < 1.29 is 9.21 Å². The number of likely N-dealkylation sites (N-methyl/N-ethyl adjacent to an activating group) is 1. The number of fused-ring (bicyclic) bond motifs is 3. The molecule has 9 heteroatoms. The molecule has 1 fully saturated rings. The molecule has 30 heavy (non-hydrogen) atoms. The fourth-order valence-corrected chi connectivity index (χ4v) is 4.15. The van der Waals surface area contributed by atoms with E-state index in [2.05, 4.69) is 34.3 Å². The summed E-state index contributed by atoms with van der Waals surface area (Å²) >= 11 is 0. The maximum absolute atomic E-state index is 13.3. The standard InChI is InChI=1S/C21H25N7O2/c1-26(2)15-6-8-27(12-15)20(29)18-19-17-14(5-7-28(19)13-24-18)10-22-21(25-17)23-11-16-4-3-9-30-16/h3-4,9-10,13,15H,5-8,11-12H2,1-2H3,(H,22,23,25)/t15-/m0/s1. The fourth-order valence-electron chi connectivity index (χ4n) is 4.15. The molecule has 5 heterocycles. The van der Waals surface area contributed by atoms with Crippen LogP contribution >= 0.6 is 0 Å². The summed E-state index contributed by atoms with van der Waals surface area (Å²) in [5.41, 5.74) is 3.08. The average molecular weight is 407 g/mol. The summed E-state index contributed by atoms with van der Waals surface area (Å²) in [5.74, 6) is 1.29. The molecule has 2 aliphatic heterocycles. The highest BCUT2D eigenvalue weighted by Gasteiger charge is 2.33. The number of imidazole rings is 1. The van der Waals surface area contributed by atoms with Crippen LogP contribution in [0.2, 0.25) is 0 Å². The number of hydrogen-bond acceptors (Lipinski definition) is 7. The molecule has 9 nitrogen and oxygen atoms in total. The molecule has 1 amide bonds. The third-order valence-corrected chi connectivity index (χ3v) is 5.93. The number of likely N-dealkylation sites (tertiary alicyclic amines) is 1. The van der Waals surface area contributed by atoms with Crippen LogP contribution in [0.15, 0.2) is 35.3 Å². The van der Waals surface area contributed by atoms with Gasteiger partial charge in [0.1, 0.15) is 11.5 Å². The first-order valence-electron chi connectivity index (χ1n) is 10.2. The van der Waals surface area contributed by atoms with Crippen molar-refractivity contribution in [2.45, 2.75) is 32.0 Å². The zero-order valence-corrected chi connectivity index (χ0v) is 17.2. The van der Waals surface area contributed by atoms with E-state index in [1.54, 1.807) is 12.6 Å². The number of nitrogens with zero attached hydrogens (tertiary/aromatic N) is 6. The molecule has 1 atom stereocenters. The second kappa shape index (κ2) is 7.56. The van der Waals surface area contributed by atoms with Crippen molar-refractivity contribution in [1.82, 2.24) is 29.3 Å². The Balaban J connectivity index is 1.42. The number of furan rings is 1. The Morgan fingerprint density at radius 1 is 1.33 bits per heavy atom. The van der Waals surface area contributed by atoms with Crippen LogP contribution < -0.4 is 5.32 Å². The molecule has 0 saturated carbocycles. The Hall–Kier alpha value is -3.20. The molecule has 0 aliphatic carbocycles. The summed E-state index contributed by atoms with van der Waals surface area (Å²) in [6.07, 6.45) is 7.03. The van der Waals surface area contributed by atoms with Crippen LogP contribution in [0.3, 0.4) is 0 Å². The molecule has 0 unspecified atom stereocenters. The van der Waals surface area contributed by atoms with E-state index in [4.69, 9.17) is 9.40 Å². The predicted molar refractivity (Wildman–Crippen MR) is 111 cm³/mol. The van der Waals surface area contributed by atoms with Gasteiger partial charge >= 0.3 is 0 Å². The van der Waals surface area contributed by atoms with Gasteiger partial charge in [-0.1, -0.05) is 0 Å². The quantitative estimate of drug-likeness (QED) is 0.690. The van der Waals surface area contributed by atoms with E-state index >= 15 is 0 Å². The average Bonchev–Trinajstić information content (AvgIpc) is 3.52. The highest BCUT2D eigenvalue weighted by atomic mass is 16.3. The van der Waals surface area contributed by atoms with Gasteiger partial charge in [-0.2, -0.15) is 0 Å². The molecule has 3 aromatic rings. The van der Waals surface area contributed by atoms with E-state index in [1.807, 2.05) is 27.8 Å². The lowest BCUT2D eigenvalue weighted by Crippen LogP contribution is -2.35. The molecule has 5 rings (SSSR count). The van der Waals surface area contributed by atoms with Gasteiger partial charge in [0.2, 0.25) is 5.95 Å². The van der Waals surface area contributed by atoms with E-state index in [0.29, 0.717) is 24.2 Å². The monoisotopic (exact) mass is 407 g/mol. The fraction of sp³-hybridized carbons (Fsp3) is 0.429. The molecule has 156 valence electrons. The molecule has 1 saturated heterocycles. The second-order valence-corrected chi connectivity index (χ2v) is 8.04. The van der Waals surface area contributed by atoms with Crippen LogP contribution in [0.4, 0.5) is 5.95 Å². The van der Waals surface area contributed by atoms with Crippen molar-refractivity contribution >= 4 is 11.9 Å². The lowest BCUT2D eigenvalue weighted by molar-refractivity contribution is 0.0778. The van der Waals surface area contributed by atoms with Crippen molar-refractivity contribution in [1.29, 1.82) is 0 Å². The van der Waals surface area contributed by atoms with Gasteiger partial charge in [-0.3, -0.25) is 4.79 Å². The first-order chi connectivity index (χ1) is 14.6. The molecule has 0 aromatic carbocycles. The summed E-state index contributed by atoms with van der Waals surface area (Å²) in [7, 11) is 4.11. The Labute approximate surface area is 174 Å². The molecule has 0 radical (unpaired) electrons. The normalized spacial score (nSPS) is 17.8. The lowest BCUT2D eigenvalue weighted by Gasteiger charge is -2.22. The predicted octanol–water partition coefficient (Wildman–Crippen LogP) is 1.88. The number of hydrogen-bond donors (Lipinski definition) is 1. The van der Waals surface area contributed by atoms with Gasteiger partial charge in [0.15, 0.2) is 5.69 Å². The maximum atomic E-state index is 13.3. The van der Waals surface area contributed by atoms with Gasteiger partial charge in [-0.05, 0) is 39.1 Å². The molecular formula is C21H25N7O2. The number of rotatable bonds is 5. The van der Waals surface area contributed by atoms with Crippen molar-refractivity contribution in [3.05, 3.63) is 47.9 Å². The van der Waals surface area contributed by atoms with Gasteiger partial charge in [-0.15, -0.1) is 0 Å². The summed E-state index contributed by atoms with van der Waals surface area (Å²) in [4.78, 5) is 31.0. The van der Waals surface area contributed by atoms with E-state index in [1.165, 1.54) is 0 Å². The summed E-state index contributed by atoms with van der Waals surface area (Å²) in [5, 5.41) is 3.20. The topological polar surface area (TPSA) is 92.3 Å². The number of amides is 1. The third-order valence-electron chi connectivity index (χ3n) is 5.93. The van der Waals surface area contributed by atoms with E-state index in [-0.39, 0.29) is 5.91 Å². The van der Waals surface area contributed by atoms with Crippen LogP contribution in [-0.2, 0) is 19.5 Å². The van der Waals surface area contributed by atoms with E-state index < -0.39 is 0 Å². The number of aromatic nitrogens is 4. The molecule has 2 aliphatic rings. The van der Waals surface area contributed by atoms with Crippen molar-refractivity contribution in [2.75, 3.05) is 32.5 Å². The minimum absolute atomic E-state index is 0.0235. The van der Waals surface area contributed by atoms with E-state index in [9.17, 15) is 4.79 Å². The Morgan fingerprint density at radius 3 is 3.00 bits per heavy atom. The number of carbonyl (C=O) groups excluding carboxylic acids is 1. The SMILES string of the molecule is CN(C)[C@H]1CCN(C(=O)c2ncn3c2-c2nc(NCc4ccco4)ncc2CC3)C1. The van der Waals surface area contributed by atoms with Gasteiger partial charge in [-0.25, -0.2) is 15.0 Å². The highest BCUT2D eigenvalue weighted by molar-refractivity contribution is 5.98. The molecule has 0 bridgehead atoms. The number of anilines is 1. The van der Waals surface area contributed by atoms with Crippen LogP contribution in [0.5, 0.6) is 0 Å². The third kappa shape index (κ3) is 3.35. The van der Waals surface area contributed by atoms with Crippen LogP contribution in [0.1, 0.15) is 28.2 Å². The van der Waals surface area contributed by atoms with Crippen molar-refractivity contribution in [2.24, 2.45) is 0 Å². The largest absolute Gasteiger partial charge is 0.467 e. The van der Waals surface area contributed by atoms with Gasteiger partial charge in [0.25, 0.3) is 5.91 Å². The molecule has 3 aromatic heterocycles. The molecular weight excluding hydrogens is 382 g/mol. The molecule has 0 spiro atoms. The highest BCUT2D eigenvalue weighted by Crippen LogP contribution is 2.32. The second-order valence-electron chi connectivity index (χ2n) is 8.04. The number of nitrogens with one attached hydrogen (secondary N) is 1. The van der Waals surface area contributed by atoms with Gasteiger partial charge in [0, 0.05) is 37.4 Å². The zero-order valence-electron chi connectivity index (χ0n) is 17.2. The lowest BCUT2D eigenvalue weighted by atomic mass is 10.0. The van der Waals surface area contributed by atoms with E-state index in [0.717, 1.165) is 55.2 Å². The zero-order chi connectivity index (χ0) is 20.7. The minimum atomic E-state index is -0.0235. The first kappa shape index (κ1) is 18.8. The van der Waals surface area contributed by atoms with Gasteiger partial charge in [0.05, 0.1) is 24.8 Å². The summed E-state index contributed by atoms with van der Waals surface area (Å²) in [6.45, 7) is 2.74. The van der Waals surface area contributed by atoms with Crippen LogP contribution in [0, 0.1) is 0 Å². The first-order valence-corrected chi connectivity index (χ1v) is 10.2. The van der Waals surface area contributed by atoms with Crippen molar-refractivity contribution in [3.63, 3.8) is 0 Å². The number of carbonyl (C=O) groups is 1. The Bertz CT molecular complexity index is 1060. The van der Waals surface area contributed by atoms with Gasteiger partial charge < -0.3 is 24.1 Å². The summed E-state index contributed by atoms with van der Waals surface area (Å²) < 4.78 is 7.39. The Morgan fingerprint density at radius 2 is 2.23 bits per heavy atom. The van der Waals surface area contributed by atoms with Crippen LogP contribution in [-0.4, -0.2) is 68.5 Å². The van der Waals surface area contributed by atoms with Crippen molar-refractivity contribution in [3.8, 4) is 11.4 Å². The smallest absolute Gasteiger partial charge is 0.274 e. The van der Waals surface area contributed by atoms with Crippen LogP contribution in [0.25, 0.3) is 11.4 Å². The number of aryl methyl sites for hydroxylation is 2.